The molecule has 0 radical (unpaired) electrons. The Kier molecular flexibility index (Phi) is 5.62. The van der Waals surface area contributed by atoms with E-state index in [4.69, 9.17) is 4.52 Å². The monoisotopic (exact) mass is 299 g/mol. The average Bonchev–Trinajstić information content (AvgIpc) is 2.70. The molecule has 1 heterocycles. The highest BCUT2D eigenvalue weighted by Gasteiger charge is 2.18. The molecule has 0 saturated heterocycles. The smallest absolute Gasteiger partial charge is 0.245 e. The third kappa shape index (κ3) is 6.10. The maximum Gasteiger partial charge on any atom is 0.245 e. The molecule has 0 aliphatic heterocycles. The zero-order valence-electron chi connectivity index (χ0n) is 12.5. The molecule has 0 aromatic carbocycles. The lowest BCUT2D eigenvalue weighted by molar-refractivity contribution is -0.131. The minimum atomic E-state index is -0.296. The molecular formula is C13H21N3O3S. The van der Waals surface area contributed by atoms with Crippen molar-refractivity contribution < 1.29 is 14.1 Å². The van der Waals surface area contributed by atoms with Crippen molar-refractivity contribution in [1.29, 1.82) is 0 Å². The molecule has 1 rings (SSSR count). The molecule has 0 aliphatic carbocycles. The second-order valence-electron chi connectivity index (χ2n) is 5.52. The summed E-state index contributed by atoms with van der Waals surface area (Å²) in [6.45, 7) is 7.87. The topological polar surface area (TPSA) is 75.4 Å². The van der Waals surface area contributed by atoms with Gasteiger partial charge in [0.2, 0.25) is 11.8 Å². The Morgan fingerprint density at radius 2 is 2.10 bits per heavy atom. The van der Waals surface area contributed by atoms with Crippen molar-refractivity contribution >= 4 is 29.4 Å². The summed E-state index contributed by atoms with van der Waals surface area (Å²) in [4.78, 5) is 25.0. The molecular weight excluding hydrogens is 278 g/mol. The Bertz CT molecular complexity index is 479. The van der Waals surface area contributed by atoms with Crippen LogP contribution in [-0.4, -0.2) is 46.0 Å². The first kappa shape index (κ1) is 16.6. The Morgan fingerprint density at radius 1 is 1.45 bits per heavy atom. The fourth-order valence-corrected chi connectivity index (χ4v) is 2.08. The summed E-state index contributed by atoms with van der Waals surface area (Å²) in [6.07, 6.45) is 0. The first-order valence-corrected chi connectivity index (χ1v) is 7.27. The van der Waals surface area contributed by atoms with Gasteiger partial charge in [-0.25, -0.2) is 0 Å². The predicted octanol–water partition coefficient (Wildman–Crippen LogP) is 1.91. The molecule has 6 nitrogen and oxygen atoms in total. The molecule has 1 aromatic rings. The zero-order chi connectivity index (χ0) is 15.3. The van der Waals surface area contributed by atoms with Crippen LogP contribution in [0.15, 0.2) is 10.6 Å². The van der Waals surface area contributed by atoms with Crippen LogP contribution in [0.1, 0.15) is 26.5 Å². The van der Waals surface area contributed by atoms with E-state index in [1.807, 2.05) is 20.8 Å². The summed E-state index contributed by atoms with van der Waals surface area (Å²) in [5, 5.41) is 6.24. The normalized spacial score (nSPS) is 11.2. The molecule has 0 spiro atoms. The van der Waals surface area contributed by atoms with Crippen molar-refractivity contribution in [2.45, 2.75) is 32.4 Å². The summed E-state index contributed by atoms with van der Waals surface area (Å²) >= 11 is 1.55. The number of rotatable bonds is 5. The van der Waals surface area contributed by atoms with Crippen molar-refractivity contribution in [3.05, 3.63) is 11.8 Å². The van der Waals surface area contributed by atoms with E-state index in [0.29, 0.717) is 17.3 Å². The third-order valence-electron chi connectivity index (χ3n) is 2.33. The molecule has 0 atom stereocenters. The Labute approximate surface area is 123 Å². The van der Waals surface area contributed by atoms with Gasteiger partial charge in [-0.1, -0.05) is 25.9 Å². The van der Waals surface area contributed by atoms with Gasteiger partial charge in [0.15, 0.2) is 5.82 Å². The number of nitrogens with zero attached hydrogens (tertiary/aromatic N) is 2. The number of nitrogens with one attached hydrogen (secondary N) is 1. The predicted molar refractivity (Wildman–Crippen MR) is 79.7 cm³/mol. The lowest BCUT2D eigenvalue weighted by atomic mass is 10.3. The average molecular weight is 299 g/mol. The number of carbonyl (C=O) groups is 2. The SMILES string of the molecule is Cc1cc(NC(=O)CN(C)C(=O)CSC(C)(C)C)no1. The number of aryl methyl sites for hydroxylation is 1. The van der Waals surface area contributed by atoms with E-state index < -0.39 is 0 Å². The number of amides is 2. The molecule has 0 bridgehead atoms. The Hall–Kier alpha value is -1.50. The molecule has 0 fully saturated rings. The standard InChI is InChI=1S/C13H21N3O3S/c1-9-6-10(15-19-9)14-11(17)7-16(5)12(18)8-20-13(2,3)4/h6H,7-8H2,1-5H3,(H,14,15,17). The molecule has 1 N–H and O–H groups in total. The highest BCUT2D eigenvalue weighted by Crippen LogP contribution is 2.22. The molecule has 112 valence electrons. The number of anilines is 1. The van der Waals surface area contributed by atoms with Gasteiger partial charge >= 0.3 is 0 Å². The van der Waals surface area contributed by atoms with E-state index in [1.54, 1.807) is 31.8 Å². The summed E-state index contributed by atoms with van der Waals surface area (Å²) in [5.41, 5.74) is 0. The number of likely N-dealkylation sites (N-methyl/N-ethyl adjacent to an activating group) is 1. The minimum absolute atomic E-state index is 0.00452. The quantitative estimate of drug-likeness (QED) is 0.899. The Balaban J connectivity index is 2.39. The molecule has 0 unspecified atom stereocenters. The summed E-state index contributed by atoms with van der Waals surface area (Å²) in [5.74, 6) is 0.964. The number of hydrogen-bond acceptors (Lipinski definition) is 5. The van der Waals surface area contributed by atoms with E-state index in [-0.39, 0.29) is 23.1 Å². The molecule has 0 aliphatic rings. The molecule has 1 aromatic heterocycles. The van der Waals surface area contributed by atoms with E-state index >= 15 is 0 Å². The van der Waals surface area contributed by atoms with E-state index in [2.05, 4.69) is 10.5 Å². The van der Waals surface area contributed by atoms with Crippen molar-refractivity contribution in [2.75, 3.05) is 24.7 Å². The second-order valence-corrected chi connectivity index (χ2v) is 7.32. The molecule has 0 saturated carbocycles. The highest BCUT2D eigenvalue weighted by molar-refractivity contribution is 8.01. The van der Waals surface area contributed by atoms with Crippen LogP contribution in [0.5, 0.6) is 0 Å². The minimum Gasteiger partial charge on any atom is -0.360 e. The maximum atomic E-state index is 11.9. The summed E-state index contributed by atoms with van der Waals surface area (Å²) in [6, 6.07) is 1.62. The maximum absolute atomic E-state index is 11.9. The Morgan fingerprint density at radius 3 is 2.60 bits per heavy atom. The first-order valence-electron chi connectivity index (χ1n) is 6.28. The first-order chi connectivity index (χ1) is 9.17. The van der Waals surface area contributed by atoms with Gasteiger partial charge in [-0.2, -0.15) is 0 Å². The lowest BCUT2D eigenvalue weighted by Crippen LogP contribution is -2.36. The molecule has 7 heteroatoms. The van der Waals surface area contributed by atoms with Crippen molar-refractivity contribution in [1.82, 2.24) is 10.1 Å². The highest BCUT2D eigenvalue weighted by atomic mass is 32.2. The number of thioether (sulfide) groups is 1. The fourth-order valence-electron chi connectivity index (χ4n) is 1.30. The van der Waals surface area contributed by atoms with E-state index in [1.165, 1.54) is 4.90 Å². The lowest BCUT2D eigenvalue weighted by Gasteiger charge is -2.20. The van der Waals surface area contributed by atoms with Crippen LogP contribution in [0.2, 0.25) is 0 Å². The summed E-state index contributed by atoms with van der Waals surface area (Å²) in [7, 11) is 1.61. The van der Waals surface area contributed by atoms with Crippen molar-refractivity contribution in [3.63, 3.8) is 0 Å². The zero-order valence-corrected chi connectivity index (χ0v) is 13.3. The largest absolute Gasteiger partial charge is 0.360 e. The molecule has 2 amide bonds. The van der Waals surface area contributed by atoms with Crippen LogP contribution >= 0.6 is 11.8 Å². The van der Waals surface area contributed by atoms with E-state index in [9.17, 15) is 9.59 Å². The van der Waals surface area contributed by atoms with Crippen molar-refractivity contribution in [2.24, 2.45) is 0 Å². The van der Waals surface area contributed by atoms with Gasteiger partial charge in [0.1, 0.15) is 5.76 Å². The van der Waals surface area contributed by atoms with Crippen LogP contribution < -0.4 is 5.32 Å². The van der Waals surface area contributed by atoms with Gasteiger partial charge < -0.3 is 14.7 Å². The number of aromatic nitrogens is 1. The van der Waals surface area contributed by atoms with Gasteiger partial charge in [0.25, 0.3) is 0 Å². The van der Waals surface area contributed by atoms with Gasteiger partial charge in [0, 0.05) is 17.9 Å². The fraction of sp³-hybridized carbons (Fsp3) is 0.615. The van der Waals surface area contributed by atoms with Crippen LogP contribution in [0.25, 0.3) is 0 Å². The van der Waals surface area contributed by atoms with Crippen LogP contribution in [0.4, 0.5) is 5.82 Å². The molecule has 20 heavy (non-hydrogen) atoms. The van der Waals surface area contributed by atoms with Crippen LogP contribution in [-0.2, 0) is 9.59 Å². The summed E-state index contributed by atoms with van der Waals surface area (Å²) < 4.78 is 4.87. The van der Waals surface area contributed by atoms with Gasteiger partial charge in [-0.05, 0) is 6.92 Å². The van der Waals surface area contributed by atoms with Gasteiger partial charge in [0.05, 0.1) is 12.3 Å². The van der Waals surface area contributed by atoms with E-state index in [0.717, 1.165) is 0 Å². The van der Waals surface area contributed by atoms with Crippen molar-refractivity contribution in [3.8, 4) is 0 Å². The second kappa shape index (κ2) is 6.78. The number of carbonyl (C=O) groups excluding carboxylic acids is 2. The van der Waals surface area contributed by atoms with Crippen LogP contribution in [0, 0.1) is 6.92 Å². The van der Waals surface area contributed by atoms with Gasteiger partial charge in [-0.15, -0.1) is 11.8 Å². The van der Waals surface area contributed by atoms with Crippen LogP contribution in [0.3, 0.4) is 0 Å². The number of hydrogen-bond donors (Lipinski definition) is 1. The van der Waals surface area contributed by atoms with Gasteiger partial charge in [-0.3, -0.25) is 9.59 Å². The third-order valence-corrected chi connectivity index (χ3v) is 3.59.